The van der Waals surface area contributed by atoms with Crippen molar-refractivity contribution < 1.29 is 0 Å². The highest BCUT2D eigenvalue weighted by molar-refractivity contribution is 7.80. The van der Waals surface area contributed by atoms with E-state index in [2.05, 4.69) is 24.6 Å². The van der Waals surface area contributed by atoms with Crippen molar-refractivity contribution in [1.82, 2.24) is 4.90 Å². The molecule has 0 saturated heterocycles. The molecule has 10 heavy (non-hydrogen) atoms. The molecule has 3 heteroatoms. The average Bonchev–Trinajstić information content (AvgIpc) is 1.97. The van der Waals surface area contributed by atoms with Crippen LogP contribution in [0.5, 0.6) is 0 Å². The van der Waals surface area contributed by atoms with Gasteiger partial charge in [0, 0.05) is 0 Å². The first-order valence-corrected chi connectivity index (χ1v) is 4.44. The summed E-state index contributed by atoms with van der Waals surface area (Å²) in [6, 6.07) is 0. The molecule has 2 N–H and O–H groups in total. The van der Waals surface area contributed by atoms with Gasteiger partial charge in [0.25, 0.3) is 0 Å². The van der Waals surface area contributed by atoms with Gasteiger partial charge in [-0.1, -0.05) is 0 Å². The minimum Gasteiger partial charge on any atom is -0.330 e. The van der Waals surface area contributed by atoms with Crippen LogP contribution in [0.4, 0.5) is 0 Å². The summed E-state index contributed by atoms with van der Waals surface area (Å²) in [4.78, 5) is 2.29. The van der Waals surface area contributed by atoms with Crippen molar-refractivity contribution in [3.63, 3.8) is 0 Å². The van der Waals surface area contributed by atoms with Crippen LogP contribution in [-0.4, -0.2) is 37.3 Å². The van der Waals surface area contributed by atoms with Crippen molar-refractivity contribution >= 4 is 12.6 Å². The molecule has 0 aromatic rings. The average molecular weight is 162 g/mol. The third-order valence-electron chi connectivity index (χ3n) is 1.44. The second kappa shape index (κ2) is 7.38. The first-order valence-electron chi connectivity index (χ1n) is 3.80. The molecule has 0 amide bonds. The van der Waals surface area contributed by atoms with Crippen LogP contribution < -0.4 is 5.73 Å². The van der Waals surface area contributed by atoms with E-state index in [0.717, 1.165) is 31.8 Å². The summed E-state index contributed by atoms with van der Waals surface area (Å²) in [6.45, 7) is 3.05. The monoisotopic (exact) mass is 162 g/mol. The van der Waals surface area contributed by atoms with Gasteiger partial charge in [-0.2, -0.15) is 12.6 Å². The molecule has 0 rings (SSSR count). The highest BCUT2D eigenvalue weighted by Gasteiger charge is 1.94. The second-order valence-corrected chi connectivity index (χ2v) is 2.97. The lowest BCUT2D eigenvalue weighted by Gasteiger charge is -2.14. The first-order chi connectivity index (χ1) is 4.81. The standard InChI is InChI=1S/C7H18N2S/c1-9(5-2-4-8)6-3-7-10/h10H,2-8H2,1H3. The highest BCUT2D eigenvalue weighted by Crippen LogP contribution is 1.90. The zero-order valence-electron chi connectivity index (χ0n) is 6.71. The molecule has 0 bridgehead atoms. The van der Waals surface area contributed by atoms with Crippen molar-refractivity contribution in [3.05, 3.63) is 0 Å². The summed E-state index contributed by atoms with van der Waals surface area (Å²) in [5.41, 5.74) is 5.36. The predicted octanol–water partition coefficient (Wildman–Crippen LogP) is 0.587. The third kappa shape index (κ3) is 6.39. The van der Waals surface area contributed by atoms with Gasteiger partial charge < -0.3 is 10.6 Å². The highest BCUT2D eigenvalue weighted by atomic mass is 32.1. The molecule has 0 unspecified atom stereocenters. The van der Waals surface area contributed by atoms with Gasteiger partial charge in [0.05, 0.1) is 0 Å². The second-order valence-electron chi connectivity index (χ2n) is 2.52. The Morgan fingerprint density at radius 1 is 1.30 bits per heavy atom. The molecule has 0 atom stereocenters. The fourth-order valence-electron chi connectivity index (χ4n) is 0.814. The fraction of sp³-hybridized carbons (Fsp3) is 1.00. The van der Waals surface area contributed by atoms with Crippen molar-refractivity contribution in [2.24, 2.45) is 5.73 Å². The summed E-state index contributed by atoms with van der Waals surface area (Å²) in [7, 11) is 2.12. The molecule has 0 fully saturated rings. The molecule has 0 aliphatic heterocycles. The largest absolute Gasteiger partial charge is 0.330 e. The Labute approximate surface area is 69.2 Å². The van der Waals surface area contributed by atoms with Crippen LogP contribution in [0.1, 0.15) is 12.8 Å². The zero-order chi connectivity index (χ0) is 7.82. The van der Waals surface area contributed by atoms with Crippen molar-refractivity contribution in [2.75, 3.05) is 32.4 Å². The lowest BCUT2D eigenvalue weighted by Crippen LogP contribution is -2.23. The Hall–Kier alpha value is 0.270. The van der Waals surface area contributed by atoms with Crippen LogP contribution in [0.15, 0.2) is 0 Å². The third-order valence-corrected chi connectivity index (χ3v) is 1.76. The minimum absolute atomic E-state index is 0.797. The van der Waals surface area contributed by atoms with E-state index in [4.69, 9.17) is 5.73 Å². The maximum atomic E-state index is 5.36. The van der Waals surface area contributed by atoms with E-state index in [1.54, 1.807) is 0 Å². The van der Waals surface area contributed by atoms with E-state index in [1.807, 2.05) is 0 Å². The molecule has 0 radical (unpaired) electrons. The Kier molecular flexibility index (Phi) is 7.58. The molecule has 0 aromatic carbocycles. The Morgan fingerprint density at radius 3 is 2.40 bits per heavy atom. The van der Waals surface area contributed by atoms with Gasteiger partial charge in [-0.25, -0.2) is 0 Å². The molecule has 0 aliphatic rings. The molecule has 0 aromatic heterocycles. The zero-order valence-corrected chi connectivity index (χ0v) is 7.61. The number of hydrogen-bond donors (Lipinski definition) is 2. The SMILES string of the molecule is CN(CCCN)CCCS. The quantitative estimate of drug-likeness (QED) is 0.560. The van der Waals surface area contributed by atoms with Crippen LogP contribution in [0.3, 0.4) is 0 Å². The van der Waals surface area contributed by atoms with Gasteiger partial charge in [0.15, 0.2) is 0 Å². The number of hydrogen-bond acceptors (Lipinski definition) is 3. The van der Waals surface area contributed by atoms with Gasteiger partial charge in [-0.05, 0) is 45.3 Å². The molecule has 0 heterocycles. The van der Waals surface area contributed by atoms with E-state index >= 15 is 0 Å². The van der Waals surface area contributed by atoms with E-state index in [0.29, 0.717) is 0 Å². The van der Waals surface area contributed by atoms with Crippen LogP contribution in [0, 0.1) is 0 Å². The van der Waals surface area contributed by atoms with Gasteiger partial charge in [0.2, 0.25) is 0 Å². The van der Waals surface area contributed by atoms with Gasteiger partial charge in [0.1, 0.15) is 0 Å². The fourth-order valence-corrected chi connectivity index (χ4v) is 0.955. The summed E-state index contributed by atoms with van der Waals surface area (Å²) >= 11 is 4.13. The van der Waals surface area contributed by atoms with Crippen LogP contribution in [0.2, 0.25) is 0 Å². The van der Waals surface area contributed by atoms with Crippen molar-refractivity contribution in [3.8, 4) is 0 Å². The summed E-state index contributed by atoms with van der Waals surface area (Å²) in [6.07, 6.45) is 2.27. The number of rotatable bonds is 6. The van der Waals surface area contributed by atoms with Crippen molar-refractivity contribution in [1.29, 1.82) is 0 Å². The molecule has 0 spiro atoms. The number of nitrogens with two attached hydrogens (primary N) is 1. The normalized spacial score (nSPS) is 10.8. The van der Waals surface area contributed by atoms with Gasteiger partial charge >= 0.3 is 0 Å². The predicted molar refractivity (Wildman–Crippen MR) is 49.6 cm³/mol. The number of thiol groups is 1. The van der Waals surface area contributed by atoms with Gasteiger partial charge in [-0.15, -0.1) is 0 Å². The van der Waals surface area contributed by atoms with E-state index in [1.165, 1.54) is 6.42 Å². The van der Waals surface area contributed by atoms with E-state index in [9.17, 15) is 0 Å². The number of nitrogens with zero attached hydrogens (tertiary/aromatic N) is 1. The summed E-state index contributed by atoms with van der Waals surface area (Å²) in [5, 5.41) is 0. The smallest absolute Gasteiger partial charge is 0.000976 e. The van der Waals surface area contributed by atoms with Crippen LogP contribution in [0.25, 0.3) is 0 Å². The summed E-state index contributed by atoms with van der Waals surface area (Å²) < 4.78 is 0. The lowest BCUT2D eigenvalue weighted by molar-refractivity contribution is 0.333. The molecule has 2 nitrogen and oxygen atoms in total. The van der Waals surface area contributed by atoms with Crippen LogP contribution in [-0.2, 0) is 0 Å². The summed E-state index contributed by atoms with van der Waals surface area (Å²) in [5.74, 6) is 0.979. The minimum atomic E-state index is 0.797. The Morgan fingerprint density at radius 2 is 1.90 bits per heavy atom. The first kappa shape index (κ1) is 10.3. The molecule has 62 valence electrons. The molecular formula is C7H18N2S. The molecular weight excluding hydrogens is 144 g/mol. The van der Waals surface area contributed by atoms with E-state index < -0.39 is 0 Å². The Bertz CT molecular complexity index is 60.6. The lowest BCUT2D eigenvalue weighted by atomic mass is 10.3. The topological polar surface area (TPSA) is 29.3 Å². The molecule has 0 saturated carbocycles. The van der Waals surface area contributed by atoms with Crippen LogP contribution >= 0.6 is 12.6 Å². The Balaban J connectivity index is 3.00. The maximum absolute atomic E-state index is 5.36. The van der Waals surface area contributed by atoms with Crippen molar-refractivity contribution in [2.45, 2.75) is 12.8 Å². The van der Waals surface area contributed by atoms with E-state index in [-0.39, 0.29) is 0 Å². The maximum Gasteiger partial charge on any atom is -0.000976 e. The van der Waals surface area contributed by atoms with Gasteiger partial charge in [-0.3, -0.25) is 0 Å². The molecule has 0 aliphatic carbocycles.